The Bertz CT molecular complexity index is 190. The molecule has 0 heterocycles. The fourth-order valence-electron chi connectivity index (χ4n) is 1.32. The van der Waals surface area contributed by atoms with E-state index in [4.69, 9.17) is 5.73 Å². The van der Waals surface area contributed by atoms with Crippen molar-refractivity contribution in [3.63, 3.8) is 0 Å². The van der Waals surface area contributed by atoms with Crippen molar-refractivity contribution in [2.75, 3.05) is 20.6 Å². The molecule has 0 radical (unpaired) electrons. The van der Waals surface area contributed by atoms with Crippen LogP contribution in [0.25, 0.3) is 0 Å². The van der Waals surface area contributed by atoms with Gasteiger partial charge >= 0.3 is 0 Å². The highest BCUT2D eigenvalue weighted by atomic mass is 15.0. The van der Waals surface area contributed by atoms with Crippen molar-refractivity contribution < 1.29 is 0 Å². The van der Waals surface area contributed by atoms with Crippen molar-refractivity contribution in [2.45, 2.75) is 12.8 Å². The molecule has 0 bridgehead atoms. The van der Waals surface area contributed by atoms with Crippen LogP contribution in [0.2, 0.25) is 0 Å². The number of likely N-dealkylation sites (N-methyl/N-ethyl adjacent to an activating group) is 1. The predicted octanol–water partition coefficient (Wildman–Crippen LogP) is 1.11. The lowest BCUT2D eigenvalue weighted by molar-refractivity contribution is 0.438. The van der Waals surface area contributed by atoms with E-state index in [1.807, 2.05) is 0 Å². The molecule has 0 aromatic heterocycles. The predicted molar refractivity (Wildman–Crippen MR) is 48.1 cm³/mol. The molecule has 0 aromatic rings. The third-order valence-corrected chi connectivity index (χ3v) is 1.74. The molecule has 0 unspecified atom stereocenters. The fraction of sp³-hybridized carbons (Fsp3) is 0.556. The second kappa shape index (κ2) is 3.58. The molecule has 0 fully saturated rings. The van der Waals surface area contributed by atoms with Gasteiger partial charge in [-0.05, 0) is 33.0 Å². The van der Waals surface area contributed by atoms with Crippen LogP contribution in [0.1, 0.15) is 12.8 Å². The summed E-state index contributed by atoms with van der Waals surface area (Å²) in [6, 6.07) is 0. The minimum atomic E-state index is 0.924. The van der Waals surface area contributed by atoms with Crippen molar-refractivity contribution in [1.82, 2.24) is 4.90 Å². The lowest BCUT2D eigenvalue weighted by atomic mass is 10.0. The van der Waals surface area contributed by atoms with Crippen LogP contribution in [0.4, 0.5) is 0 Å². The van der Waals surface area contributed by atoms with E-state index in [1.54, 1.807) is 0 Å². The Morgan fingerprint density at radius 1 is 1.55 bits per heavy atom. The summed E-state index contributed by atoms with van der Waals surface area (Å²) in [5, 5.41) is 0. The molecule has 0 amide bonds. The van der Waals surface area contributed by atoms with Crippen LogP contribution >= 0.6 is 0 Å². The number of allylic oxidation sites excluding steroid dienone is 2. The molecule has 1 aliphatic rings. The highest BCUT2D eigenvalue weighted by molar-refractivity contribution is 5.25. The normalized spacial score (nSPS) is 18.1. The van der Waals surface area contributed by atoms with Crippen molar-refractivity contribution in [1.29, 1.82) is 0 Å². The second-order valence-corrected chi connectivity index (χ2v) is 3.28. The Balaban J connectivity index is 2.51. The maximum atomic E-state index is 5.67. The summed E-state index contributed by atoms with van der Waals surface area (Å²) < 4.78 is 0. The summed E-state index contributed by atoms with van der Waals surface area (Å²) in [5.74, 6) is 0. The van der Waals surface area contributed by atoms with Crippen LogP contribution in [0.5, 0.6) is 0 Å². The van der Waals surface area contributed by atoms with Crippen molar-refractivity contribution >= 4 is 0 Å². The van der Waals surface area contributed by atoms with E-state index in [9.17, 15) is 0 Å². The van der Waals surface area contributed by atoms with E-state index in [0.717, 1.165) is 18.7 Å². The summed E-state index contributed by atoms with van der Waals surface area (Å²) in [4.78, 5) is 2.17. The van der Waals surface area contributed by atoms with Crippen molar-refractivity contribution in [2.24, 2.45) is 5.73 Å². The number of hydrogen-bond donors (Lipinski definition) is 1. The van der Waals surface area contributed by atoms with Crippen molar-refractivity contribution in [3.05, 3.63) is 23.4 Å². The smallest absolute Gasteiger partial charge is 0.0273 e. The van der Waals surface area contributed by atoms with Gasteiger partial charge in [0.05, 0.1) is 0 Å². The Kier molecular flexibility index (Phi) is 2.71. The zero-order valence-corrected chi connectivity index (χ0v) is 7.30. The van der Waals surface area contributed by atoms with Crippen molar-refractivity contribution in [3.8, 4) is 0 Å². The summed E-state index contributed by atoms with van der Waals surface area (Å²) in [7, 11) is 4.16. The third kappa shape index (κ3) is 2.76. The highest BCUT2D eigenvalue weighted by Gasteiger charge is 2.03. The minimum absolute atomic E-state index is 0.924. The number of hydrogen-bond acceptors (Lipinski definition) is 2. The van der Waals surface area contributed by atoms with E-state index in [-0.39, 0.29) is 0 Å². The first kappa shape index (κ1) is 8.34. The van der Waals surface area contributed by atoms with Crippen LogP contribution < -0.4 is 5.73 Å². The topological polar surface area (TPSA) is 29.3 Å². The molecule has 2 heteroatoms. The standard InChI is InChI=1S/C9H16N2/c1-11(2)7-8-4-3-5-9(10)6-8/h5-6H,3-4,7,10H2,1-2H3. The molecule has 2 N–H and O–H groups in total. The molecule has 2 nitrogen and oxygen atoms in total. The van der Waals surface area contributed by atoms with E-state index in [1.165, 1.54) is 12.0 Å². The third-order valence-electron chi connectivity index (χ3n) is 1.74. The molecule has 0 aliphatic heterocycles. The van der Waals surface area contributed by atoms with E-state index < -0.39 is 0 Å². The Morgan fingerprint density at radius 3 is 2.82 bits per heavy atom. The van der Waals surface area contributed by atoms with Gasteiger partial charge in [-0.15, -0.1) is 0 Å². The maximum absolute atomic E-state index is 5.67. The molecule has 11 heavy (non-hydrogen) atoms. The molecule has 62 valence electrons. The average Bonchev–Trinajstić information content (AvgIpc) is 1.85. The first-order valence-corrected chi connectivity index (χ1v) is 3.98. The fourth-order valence-corrected chi connectivity index (χ4v) is 1.32. The van der Waals surface area contributed by atoms with Gasteiger partial charge in [0.15, 0.2) is 0 Å². The largest absolute Gasteiger partial charge is 0.399 e. The quantitative estimate of drug-likeness (QED) is 0.642. The van der Waals surface area contributed by atoms with E-state index in [2.05, 4.69) is 31.1 Å². The SMILES string of the molecule is CN(C)CC1=CC(N)=CCC1. The molecular weight excluding hydrogens is 136 g/mol. The number of rotatable bonds is 2. The van der Waals surface area contributed by atoms with Gasteiger partial charge in [-0.3, -0.25) is 0 Å². The van der Waals surface area contributed by atoms with Crippen LogP contribution in [0.3, 0.4) is 0 Å². The Hall–Kier alpha value is -0.760. The van der Waals surface area contributed by atoms with Gasteiger partial charge in [-0.25, -0.2) is 0 Å². The summed E-state index contributed by atoms with van der Waals surface area (Å²) in [6.45, 7) is 1.04. The number of nitrogens with two attached hydrogens (primary N) is 1. The number of nitrogens with zero attached hydrogens (tertiary/aromatic N) is 1. The first-order chi connectivity index (χ1) is 5.18. The zero-order valence-electron chi connectivity index (χ0n) is 7.30. The monoisotopic (exact) mass is 152 g/mol. The Morgan fingerprint density at radius 2 is 2.27 bits per heavy atom. The second-order valence-electron chi connectivity index (χ2n) is 3.28. The molecule has 1 rings (SSSR count). The molecule has 0 saturated carbocycles. The van der Waals surface area contributed by atoms with E-state index in [0.29, 0.717) is 0 Å². The molecule has 0 atom stereocenters. The van der Waals surface area contributed by atoms with Gasteiger partial charge in [0, 0.05) is 12.2 Å². The van der Waals surface area contributed by atoms with Crippen LogP contribution in [-0.2, 0) is 0 Å². The lowest BCUT2D eigenvalue weighted by Crippen LogP contribution is -2.16. The van der Waals surface area contributed by atoms with Gasteiger partial charge in [0.2, 0.25) is 0 Å². The molecule has 0 saturated heterocycles. The average molecular weight is 152 g/mol. The summed E-state index contributed by atoms with van der Waals surface area (Å²) >= 11 is 0. The summed E-state index contributed by atoms with van der Waals surface area (Å²) in [6.07, 6.45) is 6.44. The minimum Gasteiger partial charge on any atom is -0.399 e. The first-order valence-electron chi connectivity index (χ1n) is 3.98. The van der Waals surface area contributed by atoms with Gasteiger partial charge in [-0.2, -0.15) is 0 Å². The maximum Gasteiger partial charge on any atom is 0.0273 e. The molecular formula is C9H16N2. The summed E-state index contributed by atoms with van der Waals surface area (Å²) in [5.41, 5.74) is 8.03. The Labute approximate surface area is 68.4 Å². The molecule has 0 aromatic carbocycles. The van der Waals surface area contributed by atoms with Gasteiger partial charge in [-0.1, -0.05) is 11.6 Å². The lowest BCUT2D eigenvalue weighted by Gasteiger charge is -2.15. The van der Waals surface area contributed by atoms with Gasteiger partial charge < -0.3 is 10.6 Å². The van der Waals surface area contributed by atoms with Crippen LogP contribution in [0.15, 0.2) is 23.4 Å². The van der Waals surface area contributed by atoms with Gasteiger partial charge in [0.25, 0.3) is 0 Å². The van der Waals surface area contributed by atoms with E-state index >= 15 is 0 Å². The van der Waals surface area contributed by atoms with Crippen LogP contribution in [-0.4, -0.2) is 25.5 Å². The molecule has 1 aliphatic carbocycles. The van der Waals surface area contributed by atoms with Crippen LogP contribution in [0, 0.1) is 0 Å². The highest BCUT2D eigenvalue weighted by Crippen LogP contribution is 2.14. The van der Waals surface area contributed by atoms with Gasteiger partial charge in [0.1, 0.15) is 0 Å². The zero-order chi connectivity index (χ0) is 8.27. The molecule has 0 spiro atoms.